The predicted molar refractivity (Wildman–Crippen MR) is 101 cm³/mol. The Morgan fingerprint density at radius 3 is 2.66 bits per heavy atom. The highest BCUT2D eigenvalue weighted by molar-refractivity contribution is 5.95. The number of aromatic nitrogens is 3. The van der Waals surface area contributed by atoms with E-state index < -0.39 is 17.6 Å². The molecule has 0 bridgehead atoms. The number of nitrogens with zero attached hydrogens (tertiary/aromatic N) is 3. The van der Waals surface area contributed by atoms with Gasteiger partial charge in [-0.05, 0) is 37.3 Å². The number of halogens is 3. The van der Waals surface area contributed by atoms with E-state index in [1.807, 2.05) is 6.92 Å². The largest absolute Gasteiger partial charge is 0.492 e. The van der Waals surface area contributed by atoms with E-state index in [-0.39, 0.29) is 17.9 Å². The van der Waals surface area contributed by atoms with Gasteiger partial charge in [-0.25, -0.2) is 9.67 Å². The Hall–Kier alpha value is -3.56. The summed E-state index contributed by atoms with van der Waals surface area (Å²) in [7, 11) is 0. The van der Waals surface area contributed by atoms with Crippen LogP contribution in [0.3, 0.4) is 0 Å². The quantitative estimate of drug-likeness (QED) is 0.626. The number of hydrogen-bond donors (Lipinski definition) is 2. The van der Waals surface area contributed by atoms with Gasteiger partial charge in [-0.15, -0.1) is 0 Å². The maximum absolute atomic E-state index is 13.1. The van der Waals surface area contributed by atoms with Crippen LogP contribution in [0.25, 0.3) is 5.69 Å². The maximum atomic E-state index is 13.1. The number of amides is 1. The van der Waals surface area contributed by atoms with Gasteiger partial charge in [0, 0.05) is 0 Å². The lowest BCUT2D eigenvalue weighted by atomic mass is 10.1. The molecule has 3 rings (SSSR count). The van der Waals surface area contributed by atoms with Crippen molar-refractivity contribution in [2.45, 2.75) is 13.1 Å². The topological polar surface area (TPSA) is 81.1 Å². The van der Waals surface area contributed by atoms with E-state index in [0.29, 0.717) is 18.0 Å². The van der Waals surface area contributed by atoms with Crippen molar-refractivity contribution in [3.05, 3.63) is 60.7 Å². The number of alkyl halides is 3. The normalized spacial score (nSPS) is 11.2. The molecule has 1 heterocycles. The van der Waals surface area contributed by atoms with Gasteiger partial charge in [-0.2, -0.15) is 18.3 Å². The van der Waals surface area contributed by atoms with Crippen LogP contribution in [0.4, 0.5) is 24.5 Å². The standard InChI is InChI=1S/C19H18F3N5O2/c1-2-29-17-6-4-3-5-14(17)24-10-18(28)26-15-9-13(19(20,21)22)7-8-16(15)27-12-23-11-25-27/h3-9,11-12,24H,2,10H2,1H3,(H,26,28). The van der Waals surface area contributed by atoms with Crippen molar-refractivity contribution in [2.24, 2.45) is 0 Å². The molecule has 0 aliphatic heterocycles. The van der Waals surface area contributed by atoms with E-state index in [4.69, 9.17) is 4.74 Å². The summed E-state index contributed by atoms with van der Waals surface area (Å²) < 4.78 is 46.0. The molecule has 0 fully saturated rings. The minimum Gasteiger partial charge on any atom is -0.492 e. The molecule has 152 valence electrons. The van der Waals surface area contributed by atoms with E-state index in [9.17, 15) is 18.0 Å². The van der Waals surface area contributed by atoms with Crippen LogP contribution in [0.15, 0.2) is 55.1 Å². The lowest BCUT2D eigenvalue weighted by Gasteiger charge is -2.15. The molecular weight excluding hydrogens is 387 g/mol. The van der Waals surface area contributed by atoms with Crippen LogP contribution in [-0.2, 0) is 11.0 Å². The summed E-state index contributed by atoms with van der Waals surface area (Å²) in [6.07, 6.45) is -1.97. The highest BCUT2D eigenvalue weighted by atomic mass is 19.4. The smallest absolute Gasteiger partial charge is 0.416 e. The third kappa shape index (κ3) is 5.03. The number of ether oxygens (including phenoxy) is 1. The molecule has 10 heteroatoms. The molecule has 1 aromatic heterocycles. The highest BCUT2D eigenvalue weighted by Crippen LogP contribution is 2.33. The summed E-state index contributed by atoms with van der Waals surface area (Å²) in [6, 6.07) is 10.1. The van der Waals surface area contributed by atoms with Crippen molar-refractivity contribution >= 4 is 17.3 Å². The molecule has 29 heavy (non-hydrogen) atoms. The van der Waals surface area contributed by atoms with E-state index in [2.05, 4.69) is 20.7 Å². The fourth-order valence-corrected chi connectivity index (χ4v) is 2.61. The molecule has 0 spiro atoms. The van der Waals surface area contributed by atoms with Crippen molar-refractivity contribution in [3.63, 3.8) is 0 Å². The van der Waals surface area contributed by atoms with Crippen LogP contribution in [-0.4, -0.2) is 33.8 Å². The first-order valence-electron chi connectivity index (χ1n) is 8.70. The molecule has 0 atom stereocenters. The molecule has 0 aliphatic carbocycles. The van der Waals surface area contributed by atoms with Crippen LogP contribution < -0.4 is 15.4 Å². The van der Waals surface area contributed by atoms with E-state index in [1.165, 1.54) is 23.4 Å². The Kier molecular flexibility index (Phi) is 6.01. The van der Waals surface area contributed by atoms with Gasteiger partial charge in [-0.3, -0.25) is 4.79 Å². The summed E-state index contributed by atoms with van der Waals surface area (Å²) in [5.41, 5.74) is -0.0508. The van der Waals surface area contributed by atoms with Crippen LogP contribution in [0.2, 0.25) is 0 Å². The number of hydrogen-bond acceptors (Lipinski definition) is 5. The Labute approximate surface area is 164 Å². The summed E-state index contributed by atoms with van der Waals surface area (Å²) >= 11 is 0. The first-order valence-corrected chi connectivity index (χ1v) is 8.70. The predicted octanol–water partition coefficient (Wildman–Crippen LogP) is 3.74. The number of carbonyl (C=O) groups excluding carboxylic acids is 1. The molecule has 2 aromatic carbocycles. The first kappa shape index (κ1) is 20.2. The fraction of sp³-hybridized carbons (Fsp3) is 0.211. The molecule has 1 amide bonds. The van der Waals surface area contributed by atoms with E-state index >= 15 is 0 Å². The molecule has 2 N–H and O–H groups in total. The van der Waals surface area contributed by atoms with Crippen molar-refractivity contribution in [1.29, 1.82) is 0 Å². The second-order valence-electron chi connectivity index (χ2n) is 5.90. The zero-order valence-corrected chi connectivity index (χ0v) is 15.4. The molecule has 0 radical (unpaired) electrons. The molecular formula is C19H18F3N5O2. The number of para-hydroxylation sites is 2. The van der Waals surface area contributed by atoms with Gasteiger partial charge in [0.2, 0.25) is 5.91 Å². The summed E-state index contributed by atoms with van der Waals surface area (Å²) in [4.78, 5) is 16.2. The molecule has 0 aliphatic rings. The van der Waals surface area contributed by atoms with E-state index in [1.54, 1.807) is 24.3 Å². The highest BCUT2D eigenvalue weighted by Gasteiger charge is 2.31. The summed E-state index contributed by atoms with van der Waals surface area (Å²) in [5.74, 6) is 0.0437. The van der Waals surface area contributed by atoms with E-state index in [0.717, 1.165) is 12.1 Å². The number of rotatable bonds is 7. The average Bonchev–Trinajstić information content (AvgIpc) is 3.21. The Balaban J connectivity index is 1.79. The first-order chi connectivity index (χ1) is 13.9. The summed E-state index contributed by atoms with van der Waals surface area (Å²) in [6.45, 7) is 2.12. The van der Waals surface area contributed by atoms with Crippen molar-refractivity contribution in [3.8, 4) is 11.4 Å². The van der Waals surface area contributed by atoms with Gasteiger partial charge >= 0.3 is 6.18 Å². The second kappa shape index (κ2) is 8.63. The second-order valence-corrected chi connectivity index (χ2v) is 5.90. The van der Waals surface area contributed by atoms with Gasteiger partial charge in [0.15, 0.2) is 0 Å². The Morgan fingerprint density at radius 2 is 1.97 bits per heavy atom. The molecule has 0 unspecified atom stereocenters. The number of anilines is 2. The van der Waals surface area contributed by atoms with Crippen LogP contribution in [0, 0.1) is 0 Å². The number of nitrogens with one attached hydrogen (secondary N) is 2. The van der Waals surface area contributed by atoms with Gasteiger partial charge in [0.05, 0.1) is 35.8 Å². The lowest BCUT2D eigenvalue weighted by molar-refractivity contribution is -0.137. The van der Waals surface area contributed by atoms with Crippen molar-refractivity contribution in [2.75, 3.05) is 23.8 Å². The zero-order chi connectivity index (χ0) is 20.9. The van der Waals surface area contributed by atoms with Gasteiger partial charge in [0.1, 0.15) is 18.4 Å². The third-order valence-corrected chi connectivity index (χ3v) is 3.89. The van der Waals surface area contributed by atoms with Crippen LogP contribution in [0.5, 0.6) is 5.75 Å². The van der Waals surface area contributed by atoms with Gasteiger partial charge in [-0.1, -0.05) is 12.1 Å². The Bertz CT molecular complexity index is 974. The maximum Gasteiger partial charge on any atom is 0.416 e. The minimum absolute atomic E-state index is 0.0322. The Morgan fingerprint density at radius 1 is 1.17 bits per heavy atom. The molecule has 0 saturated carbocycles. The number of benzene rings is 2. The SMILES string of the molecule is CCOc1ccccc1NCC(=O)Nc1cc(C(F)(F)F)ccc1-n1cncn1. The van der Waals surface area contributed by atoms with Gasteiger partial charge < -0.3 is 15.4 Å². The van der Waals surface area contributed by atoms with Crippen molar-refractivity contribution in [1.82, 2.24) is 14.8 Å². The van der Waals surface area contributed by atoms with Crippen LogP contribution >= 0.6 is 0 Å². The monoisotopic (exact) mass is 405 g/mol. The van der Waals surface area contributed by atoms with Crippen LogP contribution in [0.1, 0.15) is 12.5 Å². The molecule has 0 saturated heterocycles. The average molecular weight is 405 g/mol. The number of carbonyl (C=O) groups is 1. The van der Waals surface area contributed by atoms with Crippen molar-refractivity contribution < 1.29 is 22.7 Å². The minimum atomic E-state index is -4.55. The van der Waals surface area contributed by atoms with Gasteiger partial charge in [0.25, 0.3) is 0 Å². The zero-order valence-electron chi connectivity index (χ0n) is 15.4. The molecule has 3 aromatic rings. The fourth-order valence-electron chi connectivity index (χ4n) is 2.61. The summed E-state index contributed by atoms with van der Waals surface area (Å²) in [5, 5.41) is 9.34. The third-order valence-electron chi connectivity index (χ3n) is 3.89. The molecule has 7 nitrogen and oxygen atoms in total. The lowest BCUT2D eigenvalue weighted by Crippen LogP contribution is -2.23.